The third-order valence-corrected chi connectivity index (χ3v) is 3.40. The van der Waals surface area contributed by atoms with Gasteiger partial charge in [0, 0.05) is 11.6 Å². The van der Waals surface area contributed by atoms with Crippen LogP contribution >= 0.6 is 0 Å². The van der Waals surface area contributed by atoms with Gasteiger partial charge in [-0.2, -0.15) is 0 Å². The molecule has 0 saturated heterocycles. The van der Waals surface area contributed by atoms with Crippen LogP contribution in [0.1, 0.15) is 38.2 Å². The maximum atomic E-state index is 10.6. The largest absolute Gasteiger partial charge is 0.365 e. The summed E-state index contributed by atoms with van der Waals surface area (Å²) < 4.78 is 0. The van der Waals surface area contributed by atoms with Gasteiger partial charge in [0.25, 0.3) is 5.69 Å². The van der Waals surface area contributed by atoms with Crippen LogP contribution in [0, 0.1) is 17.0 Å². The van der Waals surface area contributed by atoms with Crippen LogP contribution in [0.3, 0.4) is 0 Å². The van der Waals surface area contributed by atoms with Gasteiger partial charge in [0.05, 0.1) is 4.92 Å². The molecule has 2 rings (SSSR count). The number of aromatic nitrogens is 1. The quantitative estimate of drug-likeness (QED) is 0.645. The van der Waals surface area contributed by atoms with Crippen LogP contribution in [0.25, 0.3) is 0 Å². The van der Waals surface area contributed by atoms with Crippen molar-refractivity contribution >= 4 is 11.5 Å². The Kier molecular flexibility index (Phi) is 3.00. The SMILES string of the molecule is Cc1cc([N+](=O)[O-])cnc1NC1(C)CCCC1. The Morgan fingerprint density at radius 2 is 2.12 bits per heavy atom. The number of aryl methyl sites for hydroxylation is 1. The van der Waals surface area contributed by atoms with Crippen molar-refractivity contribution < 1.29 is 4.92 Å². The average Bonchev–Trinajstić information content (AvgIpc) is 2.68. The molecule has 1 N–H and O–H groups in total. The minimum atomic E-state index is -0.416. The Morgan fingerprint density at radius 1 is 1.47 bits per heavy atom. The molecule has 0 aliphatic heterocycles. The Labute approximate surface area is 100 Å². The predicted octanol–water partition coefficient (Wildman–Crippen LogP) is 3.04. The van der Waals surface area contributed by atoms with Crippen molar-refractivity contribution in [1.82, 2.24) is 4.98 Å². The number of nitro groups is 1. The van der Waals surface area contributed by atoms with E-state index in [0.717, 1.165) is 24.2 Å². The van der Waals surface area contributed by atoms with E-state index < -0.39 is 4.92 Å². The molecule has 0 atom stereocenters. The Balaban J connectivity index is 2.19. The van der Waals surface area contributed by atoms with E-state index >= 15 is 0 Å². The fourth-order valence-electron chi connectivity index (χ4n) is 2.36. The molecule has 1 heterocycles. The molecule has 5 nitrogen and oxygen atoms in total. The molecule has 1 saturated carbocycles. The van der Waals surface area contributed by atoms with Crippen LogP contribution < -0.4 is 5.32 Å². The monoisotopic (exact) mass is 235 g/mol. The van der Waals surface area contributed by atoms with Gasteiger partial charge in [0.1, 0.15) is 12.0 Å². The zero-order valence-electron chi connectivity index (χ0n) is 10.2. The van der Waals surface area contributed by atoms with Gasteiger partial charge in [-0.3, -0.25) is 10.1 Å². The summed E-state index contributed by atoms with van der Waals surface area (Å²) in [7, 11) is 0. The van der Waals surface area contributed by atoms with Crippen LogP contribution in [0.2, 0.25) is 0 Å². The third-order valence-electron chi connectivity index (χ3n) is 3.40. The van der Waals surface area contributed by atoms with Crippen molar-refractivity contribution in [1.29, 1.82) is 0 Å². The number of pyridine rings is 1. The molecular formula is C12H17N3O2. The number of nitrogens with zero attached hydrogens (tertiary/aromatic N) is 2. The maximum Gasteiger partial charge on any atom is 0.287 e. The minimum absolute atomic E-state index is 0.0459. The first-order valence-corrected chi connectivity index (χ1v) is 5.89. The molecule has 0 amide bonds. The second-order valence-electron chi connectivity index (χ2n) is 5.01. The van der Waals surface area contributed by atoms with Crippen LogP contribution in [-0.4, -0.2) is 15.4 Å². The first-order chi connectivity index (χ1) is 8.00. The fourth-order valence-corrected chi connectivity index (χ4v) is 2.36. The van der Waals surface area contributed by atoms with E-state index in [1.165, 1.54) is 19.0 Å². The van der Waals surface area contributed by atoms with Gasteiger partial charge < -0.3 is 5.32 Å². The molecule has 0 aromatic carbocycles. The van der Waals surface area contributed by atoms with E-state index in [1.807, 2.05) is 6.92 Å². The molecule has 1 fully saturated rings. The first kappa shape index (κ1) is 11.8. The van der Waals surface area contributed by atoms with Gasteiger partial charge in [0.2, 0.25) is 0 Å². The molecule has 17 heavy (non-hydrogen) atoms. The number of hydrogen-bond acceptors (Lipinski definition) is 4. The highest BCUT2D eigenvalue weighted by molar-refractivity contribution is 5.49. The van der Waals surface area contributed by atoms with E-state index in [4.69, 9.17) is 0 Å². The number of rotatable bonds is 3. The van der Waals surface area contributed by atoms with Gasteiger partial charge >= 0.3 is 0 Å². The lowest BCUT2D eigenvalue weighted by Gasteiger charge is -2.26. The van der Waals surface area contributed by atoms with E-state index in [9.17, 15) is 10.1 Å². The topological polar surface area (TPSA) is 68.1 Å². The summed E-state index contributed by atoms with van der Waals surface area (Å²) in [6, 6.07) is 1.56. The lowest BCUT2D eigenvalue weighted by molar-refractivity contribution is -0.385. The van der Waals surface area contributed by atoms with Crippen molar-refractivity contribution in [2.24, 2.45) is 0 Å². The van der Waals surface area contributed by atoms with E-state index in [0.29, 0.717) is 0 Å². The van der Waals surface area contributed by atoms with Gasteiger partial charge in [-0.25, -0.2) is 4.98 Å². The zero-order valence-corrected chi connectivity index (χ0v) is 10.2. The molecule has 1 aromatic rings. The number of hydrogen-bond donors (Lipinski definition) is 1. The maximum absolute atomic E-state index is 10.6. The second kappa shape index (κ2) is 4.31. The van der Waals surface area contributed by atoms with E-state index in [2.05, 4.69) is 17.2 Å². The predicted molar refractivity (Wildman–Crippen MR) is 66.1 cm³/mol. The summed E-state index contributed by atoms with van der Waals surface area (Å²) >= 11 is 0. The fraction of sp³-hybridized carbons (Fsp3) is 0.583. The van der Waals surface area contributed by atoms with Crippen molar-refractivity contribution in [2.75, 3.05) is 5.32 Å². The van der Waals surface area contributed by atoms with Gasteiger partial charge in [-0.1, -0.05) is 12.8 Å². The lowest BCUT2D eigenvalue weighted by atomic mass is 10.0. The van der Waals surface area contributed by atoms with Crippen LogP contribution in [-0.2, 0) is 0 Å². The molecule has 0 bridgehead atoms. The van der Waals surface area contributed by atoms with Gasteiger partial charge in [0.15, 0.2) is 0 Å². The highest BCUT2D eigenvalue weighted by Crippen LogP contribution is 2.33. The molecule has 0 unspecified atom stereocenters. The highest BCUT2D eigenvalue weighted by Gasteiger charge is 2.29. The molecular weight excluding hydrogens is 218 g/mol. The van der Waals surface area contributed by atoms with Crippen molar-refractivity contribution in [3.8, 4) is 0 Å². The van der Waals surface area contributed by atoms with E-state index in [1.54, 1.807) is 6.07 Å². The summed E-state index contributed by atoms with van der Waals surface area (Å²) in [4.78, 5) is 14.4. The molecule has 0 spiro atoms. The van der Waals surface area contributed by atoms with Crippen molar-refractivity contribution in [3.63, 3.8) is 0 Å². The summed E-state index contributed by atoms with van der Waals surface area (Å²) in [5, 5.41) is 14.0. The molecule has 1 aliphatic rings. The highest BCUT2D eigenvalue weighted by atomic mass is 16.6. The van der Waals surface area contributed by atoms with Crippen molar-refractivity contribution in [3.05, 3.63) is 27.9 Å². The molecule has 92 valence electrons. The smallest absolute Gasteiger partial charge is 0.287 e. The van der Waals surface area contributed by atoms with Crippen LogP contribution in [0.15, 0.2) is 12.3 Å². The number of anilines is 1. The standard InChI is InChI=1S/C12H17N3O2/c1-9-7-10(15(16)17)8-13-11(9)14-12(2)5-3-4-6-12/h7-8H,3-6H2,1-2H3,(H,13,14). The number of nitrogens with one attached hydrogen (secondary N) is 1. The second-order valence-corrected chi connectivity index (χ2v) is 5.01. The van der Waals surface area contributed by atoms with Crippen LogP contribution in [0.4, 0.5) is 11.5 Å². The lowest BCUT2D eigenvalue weighted by Crippen LogP contribution is -2.31. The van der Waals surface area contributed by atoms with Crippen molar-refractivity contribution in [2.45, 2.75) is 45.1 Å². The zero-order chi connectivity index (χ0) is 12.5. The summed E-state index contributed by atoms with van der Waals surface area (Å²) in [6.45, 7) is 4.03. The average molecular weight is 235 g/mol. The Bertz CT molecular complexity index is 439. The van der Waals surface area contributed by atoms with Gasteiger partial charge in [-0.05, 0) is 32.3 Å². The summed E-state index contributed by atoms with van der Waals surface area (Å²) in [5.74, 6) is 0.764. The molecule has 0 radical (unpaired) electrons. The summed E-state index contributed by atoms with van der Waals surface area (Å²) in [5.41, 5.74) is 0.963. The third kappa shape index (κ3) is 2.54. The Morgan fingerprint density at radius 3 is 2.65 bits per heavy atom. The van der Waals surface area contributed by atoms with Crippen LogP contribution in [0.5, 0.6) is 0 Å². The Hall–Kier alpha value is -1.65. The van der Waals surface area contributed by atoms with E-state index in [-0.39, 0.29) is 11.2 Å². The summed E-state index contributed by atoms with van der Waals surface area (Å²) in [6.07, 6.45) is 6.04. The molecule has 1 aromatic heterocycles. The first-order valence-electron chi connectivity index (χ1n) is 5.89. The molecule has 5 heteroatoms. The molecule has 1 aliphatic carbocycles. The normalized spacial score (nSPS) is 18.0. The van der Waals surface area contributed by atoms with Gasteiger partial charge in [-0.15, -0.1) is 0 Å². The minimum Gasteiger partial charge on any atom is -0.365 e.